The zero-order valence-electron chi connectivity index (χ0n) is 21.9. The first-order chi connectivity index (χ1) is 17.6. The average molecular weight is 502 g/mol. The highest BCUT2D eigenvalue weighted by Crippen LogP contribution is 2.23. The zero-order valence-corrected chi connectivity index (χ0v) is 21.9. The number of amides is 3. The summed E-state index contributed by atoms with van der Waals surface area (Å²) in [6.07, 6.45) is 12.3. The van der Waals surface area contributed by atoms with Crippen molar-refractivity contribution in [3.05, 3.63) is 71.3 Å². The minimum atomic E-state index is -1.13. The van der Waals surface area contributed by atoms with Crippen molar-refractivity contribution in [1.82, 2.24) is 15.5 Å². The van der Waals surface area contributed by atoms with Crippen LogP contribution in [0.25, 0.3) is 0 Å². The van der Waals surface area contributed by atoms with Crippen LogP contribution in [0.4, 0.5) is 4.79 Å². The number of carbonyl (C=O) groups excluding carboxylic acids is 3. The molecule has 0 aromatic heterocycles. The van der Waals surface area contributed by atoms with Gasteiger partial charge < -0.3 is 15.4 Å². The Morgan fingerprint density at radius 2 is 1.68 bits per heavy atom. The predicted octanol–water partition coefficient (Wildman–Crippen LogP) is 4.18. The number of nitrogens with zero attached hydrogens (tertiary/aromatic N) is 1. The Balaban J connectivity index is 2.45. The van der Waals surface area contributed by atoms with Crippen LogP contribution in [0.2, 0.25) is 0 Å². The quantitative estimate of drug-likeness (QED) is 0.290. The fourth-order valence-corrected chi connectivity index (χ4v) is 3.60. The highest BCUT2D eigenvalue weighted by molar-refractivity contribution is 5.93. The molecule has 2 rings (SSSR count). The van der Waals surface area contributed by atoms with E-state index in [1.165, 1.54) is 0 Å². The van der Waals surface area contributed by atoms with Crippen LogP contribution < -0.4 is 10.6 Å². The number of terminal acetylenes is 2. The van der Waals surface area contributed by atoms with Crippen LogP contribution in [0, 0.1) is 24.8 Å². The number of hydrogen-bond acceptors (Lipinski definition) is 4. The third kappa shape index (κ3) is 9.05. The van der Waals surface area contributed by atoms with E-state index in [1.54, 1.807) is 45.0 Å². The minimum Gasteiger partial charge on any atom is -0.444 e. The topological polar surface area (TPSA) is 87.7 Å². The van der Waals surface area contributed by atoms with E-state index in [0.717, 1.165) is 23.3 Å². The first-order valence-corrected chi connectivity index (χ1v) is 12.3. The van der Waals surface area contributed by atoms with Crippen molar-refractivity contribution in [2.24, 2.45) is 0 Å². The molecule has 0 bridgehead atoms. The van der Waals surface area contributed by atoms with Gasteiger partial charge in [-0.1, -0.05) is 68.2 Å². The normalized spacial score (nSPS) is 12.3. The zero-order chi connectivity index (χ0) is 27.4. The molecule has 0 heterocycles. The lowest BCUT2D eigenvalue weighted by molar-refractivity contribution is -0.138. The molecule has 0 radical (unpaired) electrons. The van der Waals surface area contributed by atoms with Crippen molar-refractivity contribution in [2.45, 2.75) is 64.6 Å². The van der Waals surface area contributed by atoms with Crippen LogP contribution in [0.5, 0.6) is 0 Å². The second kappa shape index (κ2) is 13.8. The van der Waals surface area contributed by atoms with Crippen LogP contribution >= 0.6 is 0 Å². The van der Waals surface area contributed by atoms with Crippen molar-refractivity contribution in [3.8, 4) is 24.8 Å². The van der Waals surface area contributed by atoms with Gasteiger partial charge in [-0.05, 0) is 50.5 Å². The number of unbranched alkanes of at least 4 members (excludes halogenated alkanes) is 1. The van der Waals surface area contributed by atoms with Crippen molar-refractivity contribution in [1.29, 1.82) is 0 Å². The summed E-state index contributed by atoms with van der Waals surface area (Å²) >= 11 is 0. The van der Waals surface area contributed by atoms with Gasteiger partial charge in [0.15, 0.2) is 0 Å². The maximum atomic E-state index is 13.9. The summed E-state index contributed by atoms with van der Waals surface area (Å²) in [7, 11) is 0. The monoisotopic (exact) mass is 501 g/mol. The van der Waals surface area contributed by atoms with Gasteiger partial charge in [-0.2, -0.15) is 0 Å². The van der Waals surface area contributed by atoms with Gasteiger partial charge in [-0.25, -0.2) is 4.79 Å². The standard InChI is InChI=1S/C30H35N3O4/c1-7-10-20-31-27(34)26(24-18-16-22(8-2)17-19-24)33(9-3)28(35)25(21-23-14-12-11-13-15-23)32-29(36)37-30(4,5)6/h2-3,11-19,25-26H,7,10,20-21H2,1,4-6H3,(H,31,34)(H,32,36). The van der Waals surface area contributed by atoms with Crippen LogP contribution in [0.1, 0.15) is 63.3 Å². The maximum Gasteiger partial charge on any atom is 0.408 e. The molecule has 0 spiro atoms. The first kappa shape index (κ1) is 29.0. The number of hydrogen-bond donors (Lipinski definition) is 2. The van der Waals surface area contributed by atoms with E-state index in [1.807, 2.05) is 37.3 Å². The van der Waals surface area contributed by atoms with E-state index < -0.39 is 35.6 Å². The fourth-order valence-electron chi connectivity index (χ4n) is 3.60. The number of alkyl carbamates (subject to hydrolysis) is 1. The Bertz CT molecular complexity index is 1140. The molecule has 7 nitrogen and oxygen atoms in total. The highest BCUT2D eigenvalue weighted by atomic mass is 16.6. The van der Waals surface area contributed by atoms with Gasteiger partial charge in [0.2, 0.25) is 5.91 Å². The molecule has 3 amide bonds. The lowest BCUT2D eigenvalue weighted by Crippen LogP contribution is -2.52. The largest absolute Gasteiger partial charge is 0.444 e. The average Bonchev–Trinajstić information content (AvgIpc) is 2.86. The summed E-state index contributed by atoms with van der Waals surface area (Å²) in [6.45, 7) is 7.63. The van der Waals surface area contributed by atoms with E-state index in [0.29, 0.717) is 17.7 Å². The van der Waals surface area contributed by atoms with Gasteiger partial charge >= 0.3 is 6.09 Å². The predicted molar refractivity (Wildman–Crippen MR) is 144 cm³/mol. The summed E-state index contributed by atoms with van der Waals surface area (Å²) in [5, 5.41) is 5.51. The van der Waals surface area contributed by atoms with Crippen molar-refractivity contribution >= 4 is 17.9 Å². The van der Waals surface area contributed by atoms with Gasteiger partial charge in [0.1, 0.15) is 17.7 Å². The SMILES string of the molecule is C#Cc1ccc(C(C(=O)NCCCC)N(C#C)C(=O)C(Cc2ccccc2)NC(=O)OC(C)(C)C)cc1. The smallest absolute Gasteiger partial charge is 0.408 e. The van der Waals surface area contributed by atoms with E-state index in [-0.39, 0.29) is 6.42 Å². The summed E-state index contributed by atoms with van der Waals surface area (Å²) in [5.41, 5.74) is 1.16. The van der Waals surface area contributed by atoms with Crippen LogP contribution in [0.15, 0.2) is 54.6 Å². The summed E-state index contributed by atoms with van der Waals surface area (Å²) in [5.74, 6) is 1.49. The second-order valence-corrected chi connectivity index (χ2v) is 9.54. The first-order valence-electron chi connectivity index (χ1n) is 12.3. The lowest BCUT2D eigenvalue weighted by atomic mass is 10.00. The maximum absolute atomic E-state index is 13.9. The second-order valence-electron chi connectivity index (χ2n) is 9.54. The van der Waals surface area contributed by atoms with E-state index >= 15 is 0 Å². The molecule has 0 fully saturated rings. The molecule has 0 saturated heterocycles. The van der Waals surface area contributed by atoms with Crippen molar-refractivity contribution in [3.63, 3.8) is 0 Å². The van der Waals surface area contributed by atoms with Crippen LogP contribution in [-0.4, -0.2) is 41.0 Å². The van der Waals surface area contributed by atoms with Gasteiger partial charge in [0.25, 0.3) is 5.91 Å². The van der Waals surface area contributed by atoms with E-state index in [2.05, 4.69) is 22.6 Å². The third-order valence-electron chi connectivity index (χ3n) is 5.38. The molecule has 7 heteroatoms. The lowest BCUT2D eigenvalue weighted by Gasteiger charge is -2.30. The number of benzene rings is 2. The van der Waals surface area contributed by atoms with E-state index in [9.17, 15) is 14.4 Å². The molecule has 2 atom stereocenters. The number of ether oxygens (including phenoxy) is 1. The molecule has 2 N–H and O–H groups in total. The number of carbonyl (C=O) groups is 3. The molecule has 194 valence electrons. The molecular formula is C30H35N3O4. The molecule has 2 aromatic rings. The molecule has 0 saturated carbocycles. The highest BCUT2D eigenvalue weighted by Gasteiger charge is 2.36. The van der Waals surface area contributed by atoms with Crippen LogP contribution in [-0.2, 0) is 20.7 Å². The summed E-state index contributed by atoms with van der Waals surface area (Å²) < 4.78 is 5.38. The number of rotatable bonds is 10. The van der Waals surface area contributed by atoms with Gasteiger partial charge in [0, 0.05) is 24.6 Å². The molecule has 2 unspecified atom stereocenters. The fraction of sp³-hybridized carbons (Fsp3) is 0.367. The Hall–Kier alpha value is -4.23. The Labute approximate surface area is 220 Å². The molecule has 0 aliphatic rings. The molecular weight excluding hydrogens is 466 g/mol. The molecule has 2 aromatic carbocycles. The van der Waals surface area contributed by atoms with Crippen LogP contribution in [0.3, 0.4) is 0 Å². The third-order valence-corrected chi connectivity index (χ3v) is 5.38. The van der Waals surface area contributed by atoms with E-state index in [4.69, 9.17) is 17.6 Å². The molecule has 0 aliphatic carbocycles. The molecule has 0 aliphatic heterocycles. The Morgan fingerprint density at radius 1 is 1.03 bits per heavy atom. The molecule has 37 heavy (non-hydrogen) atoms. The summed E-state index contributed by atoms with van der Waals surface area (Å²) in [6, 6.07) is 16.1. The van der Waals surface area contributed by atoms with Gasteiger partial charge in [-0.3, -0.25) is 14.5 Å². The van der Waals surface area contributed by atoms with Crippen molar-refractivity contribution in [2.75, 3.05) is 6.54 Å². The minimum absolute atomic E-state index is 0.150. The van der Waals surface area contributed by atoms with Gasteiger partial charge in [0.05, 0.1) is 0 Å². The van der Waals surface area contributed by atoms with Crippen molar-refractivity contribution < 1.29 is 19.1 Å². The Morgan fingerprint density at radius 3 is 2.22 bits per heavy atom. The summed E-state index contributed by atoms with van der Waals surface area (Å²) in [4.78, 5) is 40.8. The Kier molecular flexibility index (Phi) is 10.8. The van der Waals surface area contributed by atoms with Gasteiger partial charge in [-0.15, -0.1) is 6.42 Å². The number of nitrogens with one attached hydrogen (secondary N) is 2.